The Morgan fingerprint density at radius 3 is 2.38 bits per heavy atom. The molecule has 2 saturated heterocycles. The topological polar surface area (TPSA) is 30.5 Å². The molecule has 2 aliphatic rings. The first-order chi connectivity index (χ1) is 9.39. The number of halogens is 1. The minimum Gasteiger partial charge on any atom is -0.399 e. The monoisotopic (exact) mass is 309 g/mol. The van der Waals surface area contributed by atoms with Crippen LogP contribution in [-0.2, 0) is 9.31 Å². The predicted molar refractivity (Wildman–Crippen MR) is 89.4 cm³/mol. The van der Waals surface area contributed by atoms with E-state index >= 15 is 0 Å². The lowest BCUT2D eigenvalue weighted by Gasteiger charge is -2.32. The van der Waals surface area contributed by atoms with Crippen LogP contribution < -0.4 is 10.8 Å². The molecule has 1 aromatic rings. The van der Waals surface area contributed by atoms with Crippen LogP contribution in [0.4, 0.5) is 0 Å². The Kier molecular flexibility index (Phi) is 4.74. The first-order valence-electron chi connectivity index (χ1n) is 7.58. The molecule has 3 rings (SSSR count). The van der Waals surface area contributed by atoms with Crippen molar-refractivity contribution in [2.75, 3.05) is 6.54 Å². The van der Waals surface area contributed by atoms with Gasteiger partial charge in [-0.05, 0) is 58.1 Å². The van der Waals surface area contributed by atoms with E-state index in [2.05, 4.69) is 57.3 Å². The van der Waals surface area contributed by atoms with E-state index in [1.54, 1.807) is 0 Å². The average molecular weight is 310 g/mol. The van der Waals surface area contributed by atoms with Crippen LogP contribution in [0.1, 0.15) is 52.1 Å². The van der Waals surface area contributed by atoms with Crippen molar-refractivity contribution in [3.8, 4) is 0 Å². The van der Waals surface area contributed by atoms with Crippen LogP contribution in [0.3, 0.4) is 0 Å². The highest BCUT2D eigenvalue weighted by Crippen LogP contribution is 2.36. The zero-order valence-electron chi connectivity index (χ0n) is 13.3. The first-order valence-corrected chi connectivity index (χ1v) is 7.58. The van der Waals surface area contributed by atoms with Crippen molar-refractivity contribution in [2.45, 2.75) is 57.8 Å². The van der Waals surface area contributed by atoms with Crippen LogP contribution >= 0.6 is 12.4 Å². The highest BCUT2D eigenvalue weighted by atomic mass is 35.5. The second kappa shape index (κ2) is 5.92. The maximum atomic E-state index is 6.13. The summed E-state index contributed by atoms with van der Waals surface area (Å²) in [5.74, 6) is 0. The van der Waals surface area contributed by atoms with Crippen LogP contribution in [0.25, 0.3) is 0 Å². The summed E-state index contributed by atoms with van der Waals surface area (Å²) in [5, 5.41) is 3.54. The number of nitrogens with one attached hydrogen (secondary N) is 1. The van der Waals surface area contributed by atoms with E-state index < -0.39 is 0 Å². The third kappa shape index (κ3) is 3.14. The van der Waals surface area contributed by atoms with E-state index in [0.717, 1.165) is 12.0 Å². The van der Waals surface area contributed by atoms with Crippen molar-refractivity contribution < 1.29 is 9.31 Å². The van der Waals surface area contributed by atoms with Crippen molar-refractivity contribution in [3.63, 3.8) is 0 Å². The van der Waals surface area contributed by atoms with Gasteiger partial charge in [-0.25, -0.2) is 0 Å². The molecule has 1 N–H and O–H groups in total. The lowest BCUT2D eigenvalue weighted by molar-refractivity contribution is 0.00578. The fraction of sp³-hybridized carbons (Fsp3) is 0.625. The predicted octanol–water partition coefficient (Wildman–Crippen LogP) is 2.83. The van der Waals surface area contributed by atoms with Gasteiger partial charge in [0.1, 0.15) is 0 Å². The average Bonchev–Trinajstić information content (AvgIpc) is 2.97. The molecule has 2 heterocycles. The van der Waals surface area contributed by atoms with E-state index in [-0.39, 0.29) is 30.7 Å². The Bertz CT molecular complexity index is 485. The van der Waals surface area contributed by atoms with Crippen LogP contribution in [-0.4, -0.2) is 24.9 Å². The van der Waals surface area contributed by atoms with Crippen LogP contribution in [0.15, 0.2) is 24.3 Å². The molecule has 0 radical (unpaired) electrons. The summed E-state index contributed by atoms with van der Waals surface area (Å²) in [5.41, 5.74) is 1.91. The Morgan fingerprint density at radius 2 is 1.81 bits per heavy atom. The Hall–Kier alpha value is -0.545. The molecule has 116 valence electrons. The summed E-state index contributed by atoms with van der Waals surface area (Å²) in [6.45, 7) is 9.49. The van der Waals surface area contributed by atoms with Crippen LogP contribution in [0.2, 0.25) is 0 Å². The molecule has 1 atom stereocenters. The summed E-state index contributed by atoms with van der Waals surface area (Å²) in [7, 11) is -0.263. The minimum absolute atomic E-state index is 0. The van der Waals surface area contributed by atoms with Gasteiger partial charge < -0.3 is 14.6 Å². The summed E-state index contributed by atoms with van der Waals surface area (Å²) in [6.07, 6.45) is 2.47. The molecule has 1 unspecified atom stereocenters. The fourth-order valence-electron chi connectivity index (χ4n) is 2.87. The molecule has 0 saturated carbocycles. The van der Waals surface area contributed by atoms with Gasteiger partial charge in [-0.15, -0.1) is 12.4 Å². The van der Waals surface area contributed by atoms with E-state index in [4.69, 9.17) is 9.31 Å². The summed E-state index contributed by atoms with van der Waals surface area (Å²) >= 11 is 0. The maximum absolute atomic E-state index is 6.13. The van der Waals surface area contributed by atoms with Crippen molar-refractivity contribution in [3.05, 3.63) is 29.8 Å². The normalized spacial score (nSPS) is 26.7. The molecule has 3 nitrogen and oxygen atoms in total. The van der Waals surface area contributed by atoms with E-state index in [0.29, 0.717) is 6.04 Å². The largest absolute Gasteiger partial charge is 0.494 e. The zero-order chi connectivity index (χ0) is 14.4. The van der Waals surface area contributed by atoms with Crippen molar-refractivity contribution >= 4 is 25.0 Å². The molecular formula is C16H25BClNO2. The van der Waals surface area contributed by atoms with Crippen LogP contribution in [0.5, 0.6) is 0 Å². The minimum atomic E-state index is -0.278. The molecule has 5 heteroatoms. The van der Waals surface area contributed by atoms with Gasteiger partial charge in [-0.2, -0.15) is 0 Å². The number of hydrogen-bond donors (Lipinski definition) is 1. The number of benzene rings is 1. The summed E-state index contributed by atoms with van der Waals surface area (Å²) in [6, 6.07) is 9.11. The highest BCUT2D eigenvalue weighted by Gasteiger charge is 2.51. The lowest BCUT2D eigenvalue weighted by Crippen LogP contribution is -2.41. The number of hydrogen-bond acceptors (Lipinski definition) is 3. The molecule has 0 spiro atoms. The van der Waals surface area contributed by atoms with Crippen LogP contribution in [0, 0.1) is 0 Å². The van der Waals surface area contributed by atoms with Gasteiger partial charge in [0.25, 0.3) is 0 Å². The maximum Gasteiger partial charge on any atom is 0.494 e. The second-order valence-electron chi connectivity index (χ2n) is 6.91. The highest BCUT2D eigenvalue weighted by molar-refractivity contribution is 6.62. The van der Waals surface area contributed by atoms with Gasteiger partial charge in [0.15, 0.2) is 0 Å². The Labute approximate surface area is 134 Å². The van der Waals surface area contributed by atoms with Crippen molar-refractivity contribution in [2.24, 2.45) is 0 Å². The second-order valence-corrected chi connectivity index (χ2v) is 6.91. The quantitative estimate of drug-likeness (QED) is 0.852. The van der Waals surface area contributed by atoms with E-state index in [1.165, 1.54) is 18.4 Å². The Morgan fingerprint density at radius 1 is 1.14 bits per heavy atom. The van der Waals surface area contributed by atoms with E-state index in [9.17, 15) is 0 Å². The van der Waals surface area contributed by atoms with Crippen molar-refractivity contribution in [1.29, 1.82) is 0 Å². The third-order valence-electron chi connectivity index (χ3n) is 4.90. The van der Waals surface area contributed by atoms with Gasteiger partial charge in [0, 0.05) is 6.04 Å². The molecule has 2 fully saturated rings. The molecule has 0 bridgehead atoms. The Balaban J connectivity index is 0.00000161. The fourth-order valence-corrected chi connectivity index (χ4v) is 2.87. The molecule has 2 aliphatic heterocycles. The molecule has 21 heavy (non-hydrogen) atoms. The molecule has 1 aromatic carbocycles. The number of rotatable bonds is 2. The van der Waals surface area contributed by atoms with Gasteiger partial charge in [0.05, 0.1) is 11.2 Å². The smallest absolute Gasteiger partial charge is 0.399 e. The SMILES string of the molecule is CC1(C)OB(c2cccc(C3CCCN3)c2)OC1(C)C.Cl. The molecule has 0 aromatic heterocycles. The summed E-state index contributed by atoms with van der Waals surface area (Å²) in [4.78, 5) is 0. The van der Waals surface area contributed by atoms with Gasteiger partial charge in [-0.3, -0.25) is 0 Å². The summed E-state index contributed by atoms with van der Waals surface area (Å²) < 4.78 is 12.3. The molecular weight excluding hydrogens is 284 g/mol. The van der Waals surface area contributed by atoms with Gasteiger partial charge in [-0.1, -0.05) is 24.3 Å². The lowest BCUT2D eigenvalue weighted by atomic mass is 9.78. The first kappa shape index (κ1) is 16.8. The van der Waals surface area contributed by atoms with Crippen molar-refractivity contribution in [1.82, 2.24) is 5.32 Å². The molecule has 0 aliphatic carbocycles. The third-order valence-corrected chi connectivity index (χ3v) is 4.90. The van der Waals surface area contributed by atoms with E-state index in [1.807, 2.05) is 0 Å². The standard InChI is InChI=1S/C16H24BNO2.ClH/c1-15(2)16(3,4)20-17(19-15)13-8-5-7-12(11-13)14-9-6-10-18-14;/h5,7-8,11,14,18H,6,9-10H2,1-4H3;1H. The zero-order valence-corrected chi connectivity index (χ0v) is 14.1. The van der Waals surface area contributed by atoms with Gasteiger partial charge in [0.2, 0.25) is 0 Å². The molecule has 0 amide bonds. The van der Waals surface area contributed by atoms with Gasteiger partial charge >= 0.3 is 7.12 Å².